The van der Waals surface area contributed by atoms with Crippen LogP contribution in [0.15, 0.2) is 6.07 Å². The van der Waals surface area contributed by atoms with Crippen molar-refractivity contribution >= 4 is 5.91 Å². The van der Waals surface area contributed by atoms with E-state index in [2.05, 4.69) is 11.4 Å². The summed E-state index contributed by atoms with van der Waals surface area (Å²) in [5.41, 5.74) is 9.65. The Hall–Kier alpha value is -1.59. The number of hydrogen-bond donors (Lipinski definition) is 3. The summed E-state index contributed by atoms with van der Waals surface area (Å²) in [6, 6.07) is 1.17. The summed E-state index contributed by atoms with van der Waals surface area (Å²) in [6.45, 7) is 5.95. The number of rotatable bonds is 5. The van der Waals surface area contributed by atoms with Gasteiger partial charge in [-0.15, -0.1) is 0 Å². The fraction of sp³-hybridized carbons (Fsp3) is 0.500. The minimum Gasteiger partial charge on any atom is -0.496 e. The summed E-state index contributed by atoms with van der Waals surface area (Å²) < 4.78 is 5.42. The van der Waals surface area contributed by atoms with Crippen molar-refractivity contribution in [3.63, 3.8) is 0 Å². The molecule has 0 spiro atoms. The van der Waals surface area contributed by atoms with Crippen LogP contribution in [0.3, 0.4) is 0 Å². The molecule has 5 heteroatoms. The van der Waals surface area contributed by atoms with Crippen molar-refractivity contribution in [3.05, 3.63) is 28.3 Å². The van der Waals surface area contributed by atoms with Crippen LogP contribution in [0.4, 0.5) is 0 Å². The zero-order valence-corrected chi connectivity index (χ0v) is 11.9. The lowest BCUT2D eigenvalue weighted by Crippen LogP contribution is -2.42. The van der Waals surface area contributed by atoms with Gasteiger partial charge < -0.3 is 20.9 Å². The number of methoxy groups -OCH3 is 1. The van der Waals surface area contributed by atoms with Crippen molar-refractivity contribution in [2.24, 2.45) is 5.73 Å². The Labute approximate surface area is 113 Å². The average molecular weight is 266 g/mol. The second-order valence-corrected chi connectivity index (χ2v) is 4.65. The van der Waals surface area contributed by atoms with E-state index in [1.165, 1.54) is 0 Å². The van der Waals surface area contributed by atoms with Gasteiger partial charge in [0, 0.05) is 12.1 Å². The molecule has 1 atom stereocenters. The van der Waals surface area contributed by atoms with Gasteiger partial charge in [0.2, 0.25) is 5.91 Å². The van der Waals surface area contributed by atoms with Crippen LogP contribution < -0.4 is 15.8 Å². The molecule has 0 radical (unpaired) electrons. The van der Waals surface area contributed by atoms with Gasteiger partial charge in [-0.25, -0.2) is 0 Å². The highest BCUT2D eigenvalue weighted by atomic mass is 16.5. The van der Waals surface area contributed by atoms with E-state index >= 15 is 0 Å². The first kappa shape index (κ1) is 15.5. The summed E-state index contributed by atoms with van der Waals surface area (Å²) in [5.74, 6) is 0.414. The molecular formula is C14H22N2O3. The zero-order chi connectivity index (χ0) is 14.6. The first-order chi connectivity index (χ1) is 8.92. The number of nitrogens with two attached hydrogens (primary N) is 1. The van der Waals surface area contributed by atoms with Gasteiger partial charge in [-0.2, -0.15) is 0 Å². The molecule has 0 aliphatic heterocycles. The molecule has 1 amide bonds. The molecule has 0 bridgehead atoms. The predicted molar refractivity (Wildman–Crippen MR) is 74.1 cm³/mol. The van der Waals surface area contributed by atoms with Crippen molar-refractivity contribution in [2.75, 3.05) is 13.7 Å². The van der Waals surface area contributed by atoms with Gasteiger partial charge >= 0.3 is 0 Å². The third-order valence-corrected chi connectivity index (χ3v) is 3.29. The quantitative estimate of drug-likeness (QED) is 0.727. The standard InChI is InChI=1S/C14H22N2O3/c1-8-5-9(2)11(13(19-4)10(8)3)6-16-14(18)12(15)7-17/h5,12,17H,6-7,15H2,1-4H3,(H,16,18). The SMILES string of the molecule is COc1c(C)c(C)cc(C)c1CNC(=O)C(N)CO. The Balaban J connectivity index is 2.95. The molecule has 0 aliphatic carbocycles. The Morgan fingerprint density at radius 3 is 2.58 bits per heavy atom. The van der Waals surface area contributed by atoms with E-state index in [1.54, 1.807) is 7.11 Å². The highest BCUT2D eigenvalue weighted by Crippen LogP contribution is 2.29. The topological polar surface area (TPSA) is 84.6 Å². The molecule has 1 aromatic carbocycles. The van der Waals surface area contributed by atoms with E-state index < -0.39 is 6.04 Å². The molecule has 0 aliphatic rings. The fourth-order valence-corrected chi connectivity index (χ4v) is 1.99. The monoisotopic (exact) mass is 266 g/mol. The van der Waals surface area contributed by atoms with E-state index in [0.29, 0.717) is 6.54 Å². The smallest absolute Gasteiger partial charge is 0.239 e. The molecule has 106 valence electrons. The largest absolute Gasteiger partial charge is 0.496 e. The number of ether oxygens (including phenoxy) is 1. The normalized spacial score (nSPS) is 12.1. The molecule has 0 heterocycles. The number of aliphatic hydroxyl groups excluding tert-OH is 1. The van der Waals surface area contributed by atoms with Crippen LogP contribution >= 0.6 is 0 Å². The van der Waals surface area contributed by atoms with Gasteiger partial charge in [0.15, 0.2) is 0 Å². The molecule has 19 heavy (non-hydrogen) atoms. The lowest BCUT2D eigenvalue weighted by Gasteiger charge is -2.18. The van der Waals surface area contributed by atoms with Gasteiger partial charge in [-0.1, -0.05) is 6.07 Å². The van der Waals surface area contributed by atoms with Crippen molar-refractivity contribution in [1.29, 1.82) is 0 Å². The molecule has 0 aromatic heterocycles. The third kappa shape index (κ3) is 3.45. The molecule has 4 N–H and O–H groups in total. The first-order valence-corrected chi connectivity index (χ1v) is 6.20. The minimum atomic E-state index is -0.891. The summed E-state index contributed by atoms with van der Waals surface area (Å²) >= 11 is 0. The van der Waals surface area contributed by atoms with Gasteiger partial charge in [-0.05, 0) is 37.5 Å². The molecule has 1 rings (SSSR count). The van der Waals surface area contributed by atoms with E-state index in [0.717, 1.165) is 28.0 Å². The van der Waals surface area contributed by atoms with E-state index in [-0.39, 0.29) is 12.5 Å². The molecule has 1 aromatic rings. The summed E-state index contributed by atoms with van der Waals surface area (Å²) in [5, 5.41) is 11.5. The Morgan fingerprint density at radius 1 is 1.42 bits per heavy atom. The first-order valence-electron chi connectivity index (χ1n) is 6.20. The van der Waals surface area contributed by atoms with Gasteiger partial charge in [0.1, 0.15) is 11.8 Å². The molecule has 0 saturated carbocycles. The van der Waals surface area contributed by atoms with Crippen LogP contribution in [-0.2, 0) is 11.3 Å². The number of aliphatic hydroxyl groups is 1. The number of carbonyl (C=O) groups excluding carboxylic acids is 1. The highest BCUT2D eigenvalue weighted by Gasteiger charge is 2.15. The van der Waals surface area contributed by atoms with Crippen molar-refractivity contribution in [1.82, 2.24) is 5.32 Å². The highest BCUT2D eigenvalue weighted by molar-refractivity contribution is 5.81. The van der Waals surface area contributed by atoms with Crippen LogP contribution in [0.1, 0.15) is 22.3 Å². The van der Waals surface area contributed by atoms with Crippen molar-refractivity contribution in [3.8, 4) is 5.75 Å². The average Bonchev–Trinajstić information content (AvgIpc) is 2.39. The Morgan fingerprint density at radius 2 is 2.05 bits per heavy atom. The lowest BCUT2D eigenvalue weighted by molar-refractivity contribution is -0.123. The summed E-state index contributed by atoms with van der Waals surface area (Å²) in [6.07, 6.45) is 0. The van der Waals surface area contributed by atoms with Crippen molar-refractivity contribution in [2.45, 2.75) is 33.4 Å². The number of hydrogen-bond acceptors (Lipinski definition) is 4. The van der Waals surface area contributed by atoms with Gasteiger partial charge in [0.05, 0.1) is 13.7 Å². The predicted octanol–water partition coefficient (Wildman–Crippen LogP) is 0.556. The molecule has 0 fully saturated rings. The zero-order valence-electron chi connectivity index (χ0n) is 11.9. The number of benzene rings is 1. The van der Waals surface area contributed by atoms with Crippen LogP contribution in [0.2, 0.25) is 0 Å². The maximum atomic E-state index is 11.6. The Kier molecular flexibility index (Phi) is 5.32. The maximum Gasteiger partial charge on any atom is 0.239 e. The van der Waals surface area contributed by atoms with Crippen molar-refractivity contribution < 1.29 is 14.6 Å². The molecule has 5 nitrogen and oxygen atoms in total. The number of nitrogens with one attached hydrogen (secondary N) is 1. The molecular weight excluding hydrogens is 244 g/mol. The Bertz CT molecular complexity index is 472. The number of aryl methyl sites for hydroxylation is 2. The van der Waals surface area contributed by atoms with Gasteiger partial charge in [-0.3, -0.25) is 4.79 Å². The van der Waals surface area contributed by atoms with Crippen LogP contribution in [0, 0.1) is 20.8 Å². The second kappa shape index (κ2) is 6.54. The number of carbonyl (C=O) groups is 1. The van der Waals surface area contributed by atoms with Crippen LogP contribution in [-0.4, -0.2) is 30.8 Å². The maximum absolute atomic E-state index is 11.6. The van der Waals surface area contributed by atoms with E-state index in [1.807, 2.05) is 20.8 Å². The molecule has 0 saturated heterocycles. The van der Waals surface area contributed by atoms with E-state index in [4.69, 9.17) is 15.6 Å². The summed E-state index contributed by atoms with van der Waals surface area (Å²) in [4.78, 5) is 11.6. The second-order valence-electron chi connectivity index (χ2n) is 4.65. The number of amides is 1. The molecule has 1 unspecified atom stereocenters. The lowest BCUT2D eigenvalue weighted by atomic mass is 9.99. The third-order valence-electron chi connectivity index (χ3n) is 3.29. The van der Waals surface area contributed by atoms with Crippen LogP contribution in [0.25, 0.3) is 0 Å². The van der Waals surface area contributed by atoms with E-state index in [9.17, 15) is 4.79 Å². The van der Waals surface area contributed by atoms with Gasteiger partial charge in [0.25, 0.3) is 0 Å². The van der Waals surface area contributed by atoms with Crippen LogP contribution in [0.5, 0.6) is 5.75 Å². The minimum absolute atomic E-state index is 0.336. The summed E-state index contributed by atoms with van der Waals surface area (Å²) in [7, 11) is 1.62. The fourth-order valence-electron chi connectivity index (χ4n) is 1.99.